The van der Waals surface area contributed by atoms with Crippen LogP contribution in [-0.4, -0.2) is 33.1 Å². The number of aliphatic hydroxyl groups is 2. The largest absolute Gasteiger partial charge is 0.507 e. The summed E-state index contributed by atoms with van der Waals surface area (Å²) in [6, 6.07) is 8.15. The summed E-state index contributed by atoms with van der Waals surface area (Å²) in [5, 5.41) is 44.4. The molecule has 0 aromatic heterocycles. The molecule has 2 aromatic carbocycles. The Labute approximate surface area is 232 Å². The molecule has 0 aliphatic rings. The van der Waals surface area contributed by atoms with Gasteiger partial charge in [0.25, 0.3) is 0 Å². The third kappa shape index (κ3) is 6.93. The minimum absolute atomic E-state index is 0.197. The normalized spacial score (nSPS) is 14.6. The maximum atomic E-state index is 11.2. The van der Waals surface area contributed by atoms with E-state index in [1.54, 1.807) is 6.92 Å². The lowest BCUT2D eigenvalue weighted by atomic mass is 9.70. The Bertz CT molecular complexity index is 976. The Kier molecular flexibility index (Phi) is 8.89. The molecule has 38 heavy (non-hydrogen) atoms. The zero-order valence-corrected chi connectivity index (χ0v) is 26.3. The van der Waals surface area contributed by atoms with Crippen LogP contribution in [0.3, 0.4) is 0 Å². The predicted octanol–water partition coefficient (Wildman–Crippen LogP) is 7.43. The lowest BCUT2D eigenvalue weighted by molar-refractivity contribution is -0.00684. The highest BCUT2D eigenvalue weighted by Gasteiger charge is 2.38. The summed E-state index contributed by atoms with van der Waals surface area (Å²) in [6.07, 6.45) is 0.108. The van der Waals surface area contributed by atoms with E-state index in [9.17, 15) is 20.4 Å². The van der Waals surface area contributed by atoms with Crippen molar-refractivity contribution >= 4 is 0 Å². The molecular weight excluding hydrogens is 472 g/mol. The monoisotopic (exact) mass is 526 g/mol. The molecule has 4 N–H and O–H groups in total. The van der Waals surface area contributed by atoms with Crippen molar-refractivity contribution in [3.8, 4) is 11.5 Å². The van der Waals surface area contributed by atoms with Crippen LogP contribution in [0.1, 0.15) is 123 Å². The SMILES string of the molecule is CC(O)C(CO)(Cc1cc(C(C)(C)C)c(O)c(C(C)(C)C)c1)Cc1cc(C(C)(C)C)c(O)c(C(C)(C)C)c1. The smallest absolute Gasteiger partial charge is 0.123 e. The third-order valence-corrected chi connectivity index (χ3v) is 7.88. The highest BCUT2D eigenvalue weighted by atomic mass is 16.3. The molecule has 1 atom stereocenters. The van der Waals surface area contributed by atoms with E-state index in [1.165, 1.54) is 0 Å². The maximum Gasteiger partial charge on any atom is 0.123 e. The van der Waals surface area contributed by atoms with Gasteiger partial charge in [-0.25, -0.2) is 0 Å². The van der Waals surface area contributed by atoms with E-state index in [1.807, 2.05) is 24.3 Å². The van der Waals surface area contributed by atoms with Gasteiger partial charge in [0.05, 0.1) is 12.7 Å². The van der Waals surface area contributed by atoms with Gasteiger partial charge in [-0.05, 0) is 74.8 Å². The molecule has 0 fully saturated rings. The molecule has 0 saturated carbocycles. The Morgan fingerprint density at radius 3 is 0.947 bits per heavy atom. The van der Waals surface area contributed by atoms with Gasteiger partial charge in [0.2, 0.25) is 0 Å². The maximum absolute atomic E-state index is 11.2. The second-order valence-electron chi connectivity index (χ2n) is 15.6. The quantitative estimate of drug-likeness (QED) is 0.315. The molecule has 0 radical (unpaired) electrons. The number of phenols is 2. The summed E-state index contributed by atoms with van der Waals surface area (Å²) < 4.78 is 0. The molecule has 4 heteroatoms. The molecule has 4 nitrogen and oxygen atoms in total. The van der Waals surface area contributed by atoms with Crippen molar-refractivity contribution in [1.29, 1.82) is 0 Å². The summed E-state index contributed by atoms with van der Waals surface area (Å²) in [5.41, 5.74) is 3.51. The van der Waals surface area contributed by atoms with Crippen molar-refractivity contribution in [1.82, 2.24) is 0 Å². The van der Waals surface area contributed by atoms with Gasteiger partial charge < -0.3 is 20.4 Å². The minimum Gasteiger partial charge on any atom is -0.507 e. The van der Waals surface area contributed by atoms with Crippen LogP contribution in [0.15, 0.2) is 24.3 Å². The number of aliphatic hydroxyl groups excluding tert-OH is 2. The van der Waals surface area contributed by atoms with Crippen LogP contribution in [0.5, 0.6) is 11.5 Å². The summed E-state index contributed by atoms with van der Waals surface area (Å²) in [6.45, 7) is 26.6. The van der Waals surface area contributed by atoms with Gasteiger partial charge in [-0.3, -0.25) is 0 Å². The third-order valence-electron chi connectivity index (χ3n) is 7.88. The molecule has 214 valence electrons. The average Bonchev–Trinajstić information content (AvgIpc) is 2.71. The number of hydrogen-bond acceptors (Lipinski definition) is 4. The van der Waals surface area contributed by atoms with Gasteiger partial charge in [0, 0.05) is 5.41 Å². The van der Waals surface area contributed by atoms with E-state index in [2.05, 4.69) is 83.1 Å². The van der Waals surface area contributed by atoms with Gasteiger partial charge >= 0.3 is 0 Å². The first kappa shape index (κ1) is 32.2. The number of aromatic hydroxyl groups is 2. The van der Waals surface area contributed by atoms with Crippen molar-refractivity contribution in [2.45, 2.75) is 131 Å². The second kappa shape index (κ2) is 10.5. The van der Waals surface area contributed by atoms with Gasteiger partial charge in [-0.1, -0.05) is 107 Å². The number of benzene rings is 2. The first-order valence-electron chi connectivity index (χ1n) is 14.0. The molecule has 0 amide bonds. The lowest BCUT2D eigenvalue weighted by Gasteiger charge is -2.37. The van der Waals surface area contributed by atoms with Crippen LogP contribution in [0, 0.1) is 5.41 Å². The average molecular weight is 527 g/mol. The highest BCUT2D eigenvalue weighted by molar-refractivity contribution is 5.51. The molecular formula is C34H54O4. The molecule has 0 bridgehead atoms. The molecule has 2 rings (SSSR count). The Hall–Kier alpha value is -2.04. The fourth-order valence-electron chi connectivity index (χ4n) is 5.29. The van der Waals surface area contributed by atoms with Gasteiger partial charge in [0.1, 0.15) is 11.5 Å². The van der Waals surface area contributed by atoms with Crippen molar-refractivity contribution in [2.75, 3.05) is 6.61 Å². The summed E-state index contributed by atoms with van der Waals surface area (Å²) >= 11 is 0. The Balaban J connectivity index is 2.76. The van der Waals surface area contributed by atoms with Gasteiger partial charge in [-0.2, -0.15) is 0 Å². The topological polar surface area (TPSA) is 80.9 Å². The van der Waals surface area contributed by atoms with E-state index in [-0.39, 0.29) is 28.3 Å². The van der Waals surface area contributed by atoms with E-state index in [4.69, 9.17) is 0 Å². The zero-order chi connectivity index (χ0) is 29.6. The van der Waals surface area contributed by atoms with Crippen molar-refractivity contribution in [3.05, 3.63) is 57.6 Å². The van der Waals surface area contributed by atoms with Gasteiger partial charge in [-0.15, -0.1) is 0 Å². The number of phenolic OH excluding ortho intramolecular Hbond substituents is 2. The van der Waals surface area contributed by atoms with Crippen LogP contribution in [-0.2, 0) is 34.5 Å². The second-order valence-corrected chi connectivity index (χ2v) is 15.6. The fraction of sp³-hybridized carbons (Fsp3) is 0.647. The first-order chi connectivity index (χ1) is 16.9. The van der Waals surface area contributed by atoms with Crippen LogP contribution >= 0.6 is 0 Å². The highest BCUT2D eigenvalue weighted by Crippen LogP contribution is 2.44. The van der Waals surface area contributed by atoms with Crippen LogP contribution in [0.2, 0.25) is 0 Å². The van der Waals surface area contributed by atoms with E-state index < -0.39 is 11.5 Å². The lowest BCUT2D eigenvalue weighted by Crippen LogP contribution is -2.41. The Morgan fingerprint density at radius 2 is 0.789 bits per heavy atom. The molecule has 0 aliphatic carbocycles. The van der Waals surface area contributed by atoms with Crippen molar-refractivity contribution in [3.63, 3.8) is 0 Å². The van der Waals surface area contributed by atoms with Crippen LogP contribution < -0.4 is 0 Å². The summed E-state index contributed by atoms with van der Waals surface area (Å²) in [4.78, 5) is 0. The minimum atomic E-state index is -0.845. The van der Waals surface area contributed by atoms with Gasteiger partial charge in [0.15, 0.2) is 0 Å². The number of rotatable bonds is 6. The number of hydrogen-bond donors (Lipinski definition) is 4. The molecule has 2 aromatic rings. The molecule has 0 heterocycles. The van der Waals surface area contributed by atoms with E-state index >= 15 is 0 Å². The fourth-order valence-corrected chi connectivity index (χ4v) is 5.29. The first-order valence-corrected chi connectivity index (χ1v) is 14.0. The Morgan fingerprint density at radius 1 is 0.553 bits per heavy atom. The van der Waals surface area contributed by atoms with Crippen molar-refractivity contribution in [2.24, 2.45) is 5.41 Å². The molecule has 0 aliphatic heterocycles. The van der Waals surface area contributed by atoms with E-state index in [0.717, 1.165) is 33.4 Å². The zero-order valence-electron chi connectivity index (χ0n) is 26.3. The van der Waals surface area contributed by atoms with Crippen LogP contribution in [0.25, 0.3) is 0 Å². The van der Waals surface area contributed by atoms with Crippen LogP contribution in [0.4, 0.5) is 0 Å². The summed E-state index contributed by atoms with van der Waals surface area (Å²) in [7, 11) is 0. The summed E-state index contributed by atoms with van der Waals surface area (Å²) in [5.74, 6) is 0.645. The van der Waals surface area contributed by atoms with E-state index in [0.29, 0.717) is 24.3 Å². The molecule has 0 spiro atoms. The van der Waals surface area contributed by atoms with Crippen molar-refractivity contribution < 1.29 is 20.4 Å². The molecule has 1 unspecified atom stereocenters. The predicted molar refractivity (Wildman–Crippen MR) is 160 cm³/mol. The standard InChI is InChI=1S/C34H54O4/c1-21(36)34(20-35,18-22-14-24(30(2,3)4)28(37)25(15-22)31(5,6)7)19-23-16-26(32(8,9)10)29(38)27(17-23)33(11,12)13/h14-17,21,35-38H,18-20H2,1-13H3. The molecule has 0 saturated heterocycles.